The van der Waals surface area contributed by atoms with E-state index in [1.54, 1.807) is 0 Å². The molecule has 0 unspecified atom stereocenters. The van der Waals surface area contributed by atoms with Crippen LogP contribution in [0.25, 0.3) is 0 Å². The molecule has 0 atom stereocenters. The fourth-order valence-corrected chi connectivity index (χ4v) is 3.83. The number of rotatable bonds is 6. The first kappa shape index (κ1) is 18.9. The summed E-state index contributed by atoms with van der Waals surface area (Å²) in [5, 5.41) is 6.89. The Balaban J connectivity index is 1.37. The van der Waals surface area contributed by atoms with Gasteiger partial charge in [0.25, 0.3) is 0 Å². The highest BCUT2D eigenvalue weighted by atomic mass is 16.5. The second-order valence-corrected chi connectivity index (χ2v) is 7.82. The molecule has 7 nitrogen and oxygen atoms in total. The number of carbonyl (C=O) groups excluding carboxylic acids is 2. The van der Waals surface area contributed by atoms with Gasteiger partial charge in [-0.1, -0.05) is 31.8 Å². The largest absolute Gasteiger partial charge is 0.355 e. The van der Waals surface area contributed by atoms with Gasteiger partial charge in [0, 0.05) is 43.8 Å². The number of hydrogen-bond acceptors (Lipinski definition) is 5. The van der Waals surface area contributed by atoms with Crippen molar-refractivity contribution in [3.05, 3.63) is 11.7 Å². The van der Waals surface area contributed by atoms with Crippen molar-refractivity contribution in [1.29, 1.82) is 0 Å². The predicted octanol–water partition coefficient (Wildman–Crippen LogP) is 2.28. The Labute approximate surface area is 154 Å². The molecule has 1 saturated heterocycles. The monoisotopic (exact) mass is 362 g/mol. The van der Waals surface area contributed by atoms with Crippen molar-refractivity contribution < 1.29 is 14.1 Å². The molecule has 1 aromatic heterocycles. The summed E-state index contributed by atoms with van der Waals surface area (Å²) in [6, 6.07) is 0. The summed E-state index contributed by atoms with van der Waals surface area (Å²) >= 11 is 0. The Hall–Kier alpha value is -1.92. The number of nitrogens with one attached hydrogen (secondary N) is 1. The molecule has 2 heterocycles. The van der Waals surface area contributed by atoms with E-state index in [0.29, 0.717) is 43.7 Å². The van der Waals surface area contributed by atoms with Crippen LogP contribution in [0.3, 0.4) is 0 Å². The van der Waals surface area contributed by atoms with E-state index in [1.165, 1.54) is 12.8 Å². The molecule has 1 N–H and O–H groups in total. The minimum Gasteiger partial charge on any atom is -0.355 e. The lowest BCUT2D eigenvalue weighted by Gasteiger charge is -2.33. The molecular formula is C19H30N4O3. The van der Waals surface area contributed by atoms with Crippen molar-refractivity contribution in [3.63, 3.8) is 0 Å². The Bertz CT molecular complexity index is 614. The van der Waals surface area contributed by atoms with E-state index in [1.807, 2.05) is 18.7 Å². The number of amides is 2. The quantitative estimate of drug-likeness (QED) is 0.839. The van der Waals surface area contributed by atoms with Crippen LogP contribution < -0.4 is 5.32 Å². The zero-order valence-electron chi connectivity index (χ0n) is 15.9. The van der Waals surface area contributed by atoms with Gasteiger partial charge in [0.15, 0.2) is 5.82 Å². The molecular weight excluding hydrogens is 332 g/mol. The van der Waals surface area contributed by atoms with E-state index in [0.717, 1.165) is 25.7 Å². The lowest BCUT2D eigenvalue weighted by atomic mass is 9.94. The number of hydrogen-bond donors (Lipinski definition) is 1. The van der Waals surface area contributed by atoms with E-state index in [4.69, 9.17) is 4.52 Å². The molecule has 1 aliphatic carbocycles. The van der Waals surface area contributed by atoms with Crippen LogP contribution in [-0.2, 0) is 16.0 Å². The molecule has 2 amide bonds. The number of nitrogens with zero attached hydrogens (tertiary/aromatic N) is 3. The van der Waals surface area contributed by atoms with Crippen LogP contribution in [0.4, 0.5) is 0 Å². The number of likely N-dealkylation sites (tertiary alicyclic amines) is 1. The molecule has 0 aromatic carbocycles. The molecule has 1 saturated carbocycles. The van der Waals surface area contributed by atoms with Crippen molar-refractivity contribution in [2.45, 2.75) is 64.7 Å². The van der Waals surface area contributed by atoms with Gasteiger partial charge in [-0.05, 0) is 25.7 Å². The molecule has 26 heavy (non-hydrogen) atoms. The maximum absolute atomic E-state index is 12.5. The van der Waals surface area contributed by atoms with Gasteiger partial charge in [-0.15, -0.1) is 0 Å². The fourth-order valence-electron chi connectivity index (χ4n) is 3.83. The van der Waals surface area contributed by atoms with Crippen molar-refractivity contribution in [2.24, 2.45) is 11.8 Å². The predicted molar refractivity (Wildman–Crippen MR) is 96.4 cm³/mol. The number of aromatic nitrogens is 2. The van der Waals surface area contributed by atoms with Crippen LogP contribution in [0, 0.1) is 11.8 Å². The van der Waals surface area contributed by atoms with Gasteiger partial charge in [0.05, 0.1) is 0 Å². The van der Waals surface area contributed by atoms with Crippen LogP contribution in [0.5, 0.6) is 0 Å². The second kappa shape index (κ2) is 8.64. The van der Waals surface area contributed by atoms with E-state index in [9.17, 15) is 9.59 Å². The first-order valence-electron chi connectivity index (χ1n) is 9.93. The van der Waals surface area contributed by atoms with E-state index >= 15 is 0 Å². The first-order chi connectivity index (χ1) is 12.5. The second-order valence-electron chi connectivity index (χ2n) is 7.82. The van der Waals surface area contributed by atoms with Crippen molar-refractivity contribution in [2.75, 3.05) is 19.6 Å². The lowest BCUT2D eigenvalue weighted by Crippen LogP contribution is -2.45. The summed E-state index contributed by atoms with van der Waals surface area (Å²) in [4.78, 5) is 31.1. The summed E-state index contributed by atoms with van der Waals surface area (Å²) in [7, 11) is 0. The smallest absolute Gasteiger partial charge is 0.228 e. The van der Waals surface area contributed by atoms with Crippen LogP contribution >= 0.6 is 0 Å². The Morgan fingerprint density at radius 2 is 1.85 bits per heavy atom. The van der Waals surface area contributed by atoms with Gasteiger partial charge in [-0.2, -0.15) is 4.98 Å². The number of carbonyl (C=O) groups is 2. The van der Waals surface area contributed by atoms with Crippen molar-refractivity contribution in [1.82, 2.24) is 20.4 Å². The SMILES string of the molecule is CC(C)c1noc(CCNC(=O)C2CCN(C(=O)C3CCCC3)CC2)n1. The van der Waals surface area contributed by atoms with Gasteiger partial charge in [-0.25, -0.2) is 0 Å². The average Bonchev–Trinajstić information content (AvgIpc) is 3.33. The summed E-state index contributed by atoms with van der Waals surface area (Å²) in [5.41, 5.74) is 0. The Morgan fingerprint density at radius 1 is 1.15 bits per heavy atom. The Morgan fingerprint density at radius 3 is 2.46 bits per heavy atom. The van der Waals surface area contributed by atoms with Gasteiger partial charge < -0.3 is 14.7 Å². The highest BCUT2D eigenvalue weighted by Crippen LogP contribution is 2.28. The first-order valence-corrected chi connectivity index (χ1v) is 9.93. The third-order valence-corrected chi connectivity index (χ3v) is 5.52. The van der Waals surface area contributed by atoms with Crippen LogP contribution in [-0.4, -0.2) is 46.5 Å². The van der Waals surface area contributed by atoms with Gasteiger partial charge in [0.2, 0.25) is 17.7 Å². The zero-order chi connectivity index (χ0) is 18.5. The Kier molecular flexibility index (Phi) is 6.27. The third-order valence-electron chi connectivity index (χ3n) is 5.52. The summed E-state index contributed by atoms with van der Waals surface area (Å²) in [6.45, 7) is 5.93. The fraction of sp³-hybridized carbons (Fsp3) is 0.789. The molecule has 0 radical (unpaired) electrons. The normalized spacial score (nSPS) is 19.3. The van der Waals surface area contributed by atoms with Gasteiger partial charge in [0.1, 0.15) is 0 Å². The van der Waals surface area contributed by atoms with Gasteiger partial charge in [-0.3, -0.25) is 9.59 Å². The lowest BCUT2D eigenvalue weighted by molar-refractivity contribution is -0.139. The van der Waals surface area contributed by atoms with Gasteiger partial charge >= 0.3 is 0 Å². The summed E-state index contributed by atoms with van der Waals surface area (Å²) in [6.07, 6.45) is 6.47. The van der Waals surface area contributed by atoms with Crippen LogP contribution in [0.1, 0.15) is 70.0 Å². The molecule has 144 valence electrons. The minimum absolute atomic E-state index is 0.00321. The molecule has 7 heteroatoms. The molecule has 2 aliphatic rings. The third kappa shape index (κ3) is 4.62. The highest BCUT2D eigenvalue weighted by Gasteiger charge is 2.31. The van der Waals surface area contributed by atoms with Crippen molar-refractivity contribution in [3.8, 4) is 0 Å². The molecule has 1 aliphatic heterocycles. The van der Waals surface area contributed by atoms with E-state index in [2.05, 4.69) is 15.5 Å². The van der Waals surface area contributed by atoms with Crippen LogP contribution in [0.2, 0.25) is 0 Å². The van der Waals surface area contributed by atoms with E-state index < -0.39 is 0 Å². The van der Waals surface area contributed by atoms with Crippen molar-refractivity contribution >= 4 is 11.8 Å². The molecule has 3 rings (SSSR count). The highest BCUT2D eigenvalue weighted by molar-refractivity contribution is 5.81. The average molecular weight is 362 g/mol. The number of piperidine rings is 1. The maximum Gasteiger partial charge on any atom is 0.228 e. The zero-order valence-corrected chi connectivity index (χ0v) is 15.9. The molecule has 0 spiro atoms. The maximum atomic E-state index is 12.5. The molecule has 2 fully saturated rings. The minimum atomic E-state index is -0.00321. The van der Waals surface area contributed by atoms with E-state index in [-0.39, 0.29) is 23.7 Å². The molecule has 0 bridgehead atoms. The standard InChI is InChI=1S/C19H30N4O3/c1-13(2)17-21-16(26-22-17)7-10-20-18(24)14-8-11-23(12-9-14)19(25)15-5-3-4-6-15/h13-15H,3-12H2,1-2H3,(H,20,24). The summed E-state index contributed by atoms with van der Waals surface area (Å²) < 4.78 is 5.19. The molecule has 1 aromatic rings. The topological polar surface area (TPSA) is 88.3 Å². The van der Waals surface area contributed by atoms with Crippen LogP contribution in [0.15, 0.2) is 4.52 Å². The summed E-state index contributed by atoms with van der Waals surface area (Å²) in [5.74, 6) is 2.10.